The Morgan fingerprint density at radius 3 is 2.50 bits per heavy atom. The summed E-state index contributed by atoms with van der Waals surface area (Å²) in [6.07, 6.45) is 2.61. The topological polar surface area (TPSA) is 52.3 Å². The third kappa shape index (κ3) is 1.97. The normalized spacial score (nSPS) is 20.3. The van der Waals surface area contributed by atoms with Crippen molar-refractivity contribution in [2.75, 3.05) is 6.61 Å². The van der Waals surface area contributed by atoms with Gasteiger partial charge in [0.05, 0.1) is 6.61 Å². The fraction of sp³-hybridized carbons (Fsp3) is 0.889. The van der Waals surface area contributed by atoms with Gasteiger partial charge in [-0.15, -0.1) is 0 Å². The summed E-state index contributed by atoms with van der Waals surface area (Å²) in [5.41, 5.74) is 5.11. The second-order valence-electron chi connectivity index (χ2n) is 4.00. The number of carbonyl (C=O) groups is 1. The monoisotopic (exact) mass is 171 g/mol. The zero-order valence-electron chi connectivity index (χ0n) is 7.80. The van der Waals surface area contributed by atoms with Crippen molar-refractivity contribution in [3.8, 4) is 0 Å². The Bertz CT molecular complexity index is 173. The van der Waals surface area contributed by atoms with Gasteiger partial charge in [0, 0.05) is 0 Å². The van der Waals surface area contributed by atoms with Gasteiger partial charge in [-0.1, -0.05) is 13.8 Å². The molecule has 0 aromatic rings. The number of rotatable bonds is 3. The van der Waals surface area contributed by atoms with E-state index in [0.29, 0.717) is 12.5 Å². The predicted octanol–water partition coefficient (Wildman–Crippen LogP) is 1.07. The molecule has 0 aliphatic heterocycles. The fourth-order valence-corrected chi connectivity index (χ4v) is 1.15. The molecule has 0 amide bonds. The Kier molecular flexibility index (Phi) is 2.73. The highest BCUT2D eigenvalue weighted by molar-refractivity contribution is 5.81. The molecule has 1 aliphatic rings. The standard InChI is InChI=1S/C9H17NO2/c1-7(2)6-12-8(11)9(10)4-3-5-9/h7H,3-6,10H2,1-2H3. The minimum atomic E-state index is -0.644. The summed E-state index contributed by atoms with van der Waals surface area (Å²) in [7, 11) is 0. The summed E-state index contributed by atoms with van der Waals surface area (Å²) in [4.78, 5) is 11.3. The largest absolute Gasteiger partial charge is 0.464 e. The van der Waals surface area contributed by atoms with E-state index in [1.807, 2.05) is 13.8 Å². The van der Waals surface area contributed by atoms with Crippen LogP contribution in [-0.4, -0.2) is 18.1 Å². The van der Waals surface area contributed by atoms with E-state index in [1.165, 1.54) is 0 Å². The molecule has 2 N–H and O–H groups in total. The number of hydrogen-bond donors (Lipinski definition) is 1. The maximum Gasteiger partial charge on any atom is 0.326 e. The molecule has 1 aliphatic carbocycles. The molecule has 0 saturated heterocycles. The van der Waals surface area contributed by atoms with Crippen LogP contribution in [0.4, 0.5) is 0 Å². The lowest BCUT2D eigenvalue weighted by Gasteiger charge is -2.35. The van der Waals surface area contributed by atoms with Crippen molar-refractivity contribution in [1.82, 2.24) is 0 Å². The first kappa shape index (κ1) is 9.52. The fourth-order valence-electron chi connectivity index (χ4n) is 1.15. The zero-order valence-corrected chi connectivity index (χ0v) is 7.80. The molecule has 0 unspecified atom stereocenters. The highest BCUT2D eigenvalue weighted by atomic mass is 16.5. The van der Waals surface area contributed by atoms with Crippen molar-refractivity contribution in [1.29, 1.82) is 0 Å². The van der Waals surface area contributed by atoms with Crippen LogP contribution in [0.25, 0.3) is 0 Å². The summed E-state index contributed by atoms with van der Waals surface area (Å²) < 4.78 is 5.05. The third-order valence-corrected chi connectivity index (χ3v) is 2.20. The van der Waals surface area contributed by atoms with Crippen molar-refractivity contribution in [2.45, 2.75) is 38.6 Å². The minimum Gasteiger partial charge on any atom is -0.464 e. The first-order chi connectivity index (χ1) is 5.54. The van der Waals surface area contributed by atoms with Crippen LogP contribution in [0.1, 0.15) is 33.1 Å². The molecular weight excluding hydrogens is 154 g/mol. The lowest BCUT2D eigenvalue weighted by Crippen LogP contribution is -2.54. The van der Waals surface area contributed by atoms with Crippen LogP contribution in [-0.2, 0) is 9.53 Å². The molecule has 0 aromatic heterocycles. The first-order valence-corrected chi connectivity index (χ1v) is 4.51. The van der Waals surface area contributed by atoms with Crippen molar-refractivity contribution in [2.24, 2.45) is 11.7 Å². The molecule has 3 nitrogen and oxygen atoms in total. The number of ether oxygens (including phenoxy) is 1. The van der Waals surface area contributed by atoms with E-state index in [4.69, 9.17) is 10.5 Å². The van der Waals surface area contributed by atoms with E-state index >= 15 is 0 Å². The molecule has 1 fully saturated rings. The molecule has 1 rings (SSSR count). The molecule has 0 bridgehead atoms. The highest BCUT2D eigenvalue weighted by Gasteiger charge is 2.41. The van der Waals surface area contributed by atoms with E-state index in [-0.39, 0.29) is 5.97 Å². The number of esters is 1. The van der Waals surface area contributed by atoms with Gasteiger partial charge in [-0.25, -0.2) is 0 Å². The average Bonchev–Trinajstić information content (AvgIpc) is 1.95. The predicted molar refractivity (Wildman–Crippen MR) is 46.6 cm³/mol. The van der Waals surface area contributed by atoms with Gasteiger partial charge in [-0.05, 0) is 25.2 Å². The van der Waals surface area contributed by atoms with Crippen LogP contribution >= 0.6 is 0 Å². The lowest BCUT2D eigenvalue weighted by molar-refractivity contribution is -0.154. The number of hydrogen-bond acceptors (Lipinski definition) is 3. The van der Waals surface area contributed by atoms with Crippen LogP contribution in [0.2, 0.25) is 0 Å². The summed E-state index contributed by atoms with van der Waals surface area (Å²) in [5.74, 6) is 0.167. The molecule has 12 heavy (non-hydrogen) atoms. The second kappa shape index (κ2) is 3.44. The maximum absolute atomic E-state index is 11.3. The summed E-state index contributed by atoms with van der Waals surface area (Å²) in [6.45, 7) is 4.51. The van der Waals surface area contributed by atoms with Gasteiger partial charge in [0.15, 0.2) is 0 Å². The summed E-state index contributed by atoms with van der Waals surface area (Å²) in [5, 5.41) is 0. The van der Waals surface area contributed by atoms with Gasteiger partial charge in [-0.2, -0.15) is 0 Å². The van der Waals surface area contributed by atoms with Gasteiger partial charge in [0.2, 0.25) is 0 Å². The summed E-state index contributed by atoms with van der Waals surface area (Å²) in [6, 6.07) is 0. The molecule has 0 aromatic carbocycles. The van der Waals surface area contributed by atoms with E-state index in [0.717, 1.165) is 19.3 Å². The third-order valence-electron chi connectivity index (χ3n) is 2.20. The van der Waals surface area contributed by atoms with Crippen LogP contribution < -0.4 is 5.73 Å². The van der Waals surface area contributed by atoms with Gasteiger partial charge in [-0.3, -0.25) is 4.79 Å². The molecule has 0 radical (unpaired) electrons. The van der Waals surface area contributed by atoms with Gasteiger partial charge >= 0.3 is 5.97 Å². The average molecular weight is 171 g/mol. The van der Waals surface area contributed by atoms with Gasteiger partial charge in [0.25, 0.3) is 0 Å². The Hall–Kier alpha value is -0.570. The Balaban J connectivity index is 2.28. The zero-order chi connectivity index (χ0) is 9.19. The van der Waals surface area contributed by atoms with Crippen molar-refractivity contribution in [3.05, 3.63) is 0 Å². The van der Waals surface area contributed by atoms with Crippen LogP contribution in [0, 0.1) is 5.92 Å². The highest BCUT2D eigenvalue weighted by Crippen LogP contribution is 2.30. The Labute approximate surface area is 73.3 Å². The van der Waals surface area contributed by atoms with Crippen molar-refractivity contribution >= 4 is 5.97 Å². The van der Waals surface area contributed by atoms with E-state index in [9.17, 15) is 4.79 Å². The Morgan fingerprint density at radius 2 is 2.17 bits per heavy atom. The van der Waals surface area contributed by atoms with Crippen molar-refractivity contribution < 1.29 is 9.53 Å². The summed E-state index contributed by atoms with van der Waals surface area (Å²) >= 11 is 0. The maximum atomic E-state index is 11.3. The Morgan fingerprint density at radius 1 is 1.58 bits per heavy atom. The van der Waals surface area contributed by atoms with E-state index in [1.54, 1.807) is 0 Å². The SMILES string of the molecule is CC(C)COC(=O)C1(N)CCC1. The molecule has 0 heterocycles. The lowest BCUT2D eigenvalue weighted by atomic mass is 9.78. The molecular formula is C9H17NO2. The second-order valence-corrected chi connectivity index (χ2v) is 4.00. The quantitative estimate of drug-likeness (QED) is 0.646. The first-order valence-electron chi connectivity index (χ1n) is 4.51. The van der Waals surface area contributed by atoms with E-state index in [2.05, 4.69) is 0 Å². The van der Waals surface area contributed by atoms with Gasteiger partial charge < -0.3 is 10.5 Å². The molecule has 3 heteroatoms. The van der Waals surface area contributed by atoms with Crippen molar-refractivity contribution in [3.63, 3.8) is 0 Å². The smallest absolute Gasteiger partial charge is 0.326 e. The number of carbonyl (C=O) groups excluding carboxylic acids is 1. The molecule has 1 saturated carbocycles. The van der Waals surface area contributed by atoms with Crippen LogP contribution in [0.5, 0.6) is 0 Å². The van der Waals surface area contributed by atoms with Crippen LogP contribution in [0.15, 0.2) is 0 Å². The minimum absolute atomic E-state index is 0.220. The molecule has 0 spiro atoms. The molecule has 0 atom stereocenters. The van der Waals surface area contributed by atoms with Gasteiger partial charge in [0.1, 0.15) is 5.54 Å². The number of nitrogens with two attached hydrogens (primary N) is 1. The molecule has 70 valence electrons. The van der Waals surface area contributed by atoms with E-state index < -0.39 is 5.54 Å². The van der Waals surface area contributed by atoms with Crippen LogP contribution in [0.3, 0.4) is 0 Å².